The molecule has 168 valence electrons. The molecule has 0 N–H and O–H groups in total. The van der Waals surface area contributed by atoms with E-state index in [2.05, 4.69) is 16.8 Å². The van der Waals surface area contributed by atoms with Gasteiger partial charge in [0.25, 0.3) is 0 Å². The van der Waals surface area contributed by atoms with E-state index in [-0.39, 0.29) is 0 Å². The van der Waals surface area contributed by atoms with Gasteiger partial charge in [-0.25, -0.2) is 9.98 Å². The zero-order chi connectivity index (χ0) is 22.8. The summed E-state index contributed by atoms with van der Waals surface area (Å²) in [5, 5.41) is 1.90. The molecule has 0 aliphatic carbocycles. The van der Waals surface area contributed by atoms with Gasteiger partial charge in [0.05, 0.1) is 27.8 Å². The van der Waals surface area contributed by atoms with Gasteiger partial charge in [-0.3, -0.25) is 0 Å². The van der Waals surface area contributed by atoms with Crippen molar-refractivity contribution in [3.63, 3.8) is 0 Å². The standard InChI is InChI=1S/C14H18Cl2N2.C10H13ClN2/c1-2-3-8-18-9-4-5-14(18)17-11-6-7-12(15)13(16)10-11;1-8-6-9(11)4-5-10(8)12-7-13(2)3/h6-7,10H,2-5,8-9H2,1H3;4-7H,1-3H3/b17-14+;. The number of aliphatic imine (C=N–C) groups is 2. The first-order valence-corrected chi connectivity index (χ1v) is 11.7. The summed E-state index contributed by atoms with van der Waals surface area (Å²) in [5.74, 6) is 1.18. The summed E-state index contributed by atoms with van der Waals surface area (Å²) < 4.78 is 0. The highest BCUT2D eigenvalue weighted by Gasteiger charge is 2.17. The molecule has 0 amide bonds. The molecule has 0 aromatic heterocycles. The molecular formula is C24H31Cl3N4. The lowest BCUT2D eigenvalue weighted by molar-refractivity contribution is 0.440. The Hall–Kier alpha value is -1.75. The molecule has 1 fully saturated rings. The number of aryl methyl sites for hydroxylation is 1. The lowest BCUT2D eigenvalue weighted by atomic mass is 10.2. The number of rotatable bonds is 6. The van der Waals surface area contributed by atoms with Gasteiger partial charge in [0.15, 0.2) is 0 Å². The smallest absolute Gasteiger partial charge is 0.105 e. The number of halogens is 3. The molecule has 2 aromatic rings. The molecule has 0 spiro atoms. The fraction of sp³-hybridized carbons (Fsp3) is 0.417. The Morgan fingerprint density at radius 2 is 1.84 bits per heavy atom. The van der Waals surface area contributed by atoms with Crippen LogP contribution in [0.5, 0.6) is 0 Å². The largest absolute Gasteiger partial charge is 0.369 e. The number of unbranched alkanes of at least 4 members (excludes halogenated alkanes) is 1. The minimum Gasteiger partial charge on any atom is -0.369 e. The van der Waals surface area contributed by atoms with E-state index in [1.54, 1.807) is 12.4 Å². The summed E-state index contributed by atoms with van der Waals surface area (Å²) in [4.78, 5) is 13.3. The van der Waals surface area contributed by atoms with E-state index < -0.39 is 0 Å². The van der Waals surface area contributed by atoms with Crippen molar-refractivity contribution in [3.8, 4) is 0 Å². The fourth-order valence-electron chi connectivity index (χ4n) is 3.08. The van der Waals surface area contributed by atoms with E-state index in [1.165, 1.54) is 25.1 Å². The molecule has 3 rings (SSSR count). The van der Waals surface area contributed by atoms with Crippen LogP contribution in [0, 0.1) is 6.92 Å². The number of hydrogen-bond donors (Lipinski definition) is 0. The van der Waals surface area contributed by atoms with Gasteiger partial charge in [-0.05, 0) is 61.7 Å². The second kappa shape index (κ2) is 12.9. The average Bonchev–Trinajstić information content (AvgIpc) is 3.16. The van der Waals surface area contributed by atoms with Crippen molar-refractivity contribution in [1.82, 2.24) is 9.80 Å². The Balaban J connectivity index is 0.000000233. The van der Waals surface area contributed by atoms with Crippen molar-refractivity contribution in [1.29, 1.82) is 0 Å². The molecule has 2 aromatic carbocycles. The van der Waals surface area contributed by atoms with Gasteiger partial charge in [0.1, 0.15) is 5.84 Å². The van der Waals surface area contributed by atoms with E-state index in [1.807, 2.05) is 56.3 Å². The number of nitrogens with zero attached hydrogens (tertiary/aromatic N) is 4. The zero-order valence-corrected chi connectivity index (χ0v) is 21.0. The predicted molar refractivity (Wildman–Crippen MR) is 137 cm³/mol. The van der Waals surface area contributed by atoms with Crippen LogP contribution >= 0.6 is 34.8 Å². The van der Waals surface area contributed by atoms with Crippen molar-refractivity contribution in [3.05, 3.63) is 57.0 Å². The van der Waals surface area contributed by atoms with Crippen LogP contribution in [-0.4, -0.2) is 49.2 Å². The Labute approximate surface area is 201 Å². The molecular weight excluding hydrogens is 451 g/mol. The topological polar surface area (TPSA) is 31.2 Å². The van der Waals surface area contributed by atoms with Crippen LogP contribution < -0.4 is 0 Å². The Kier molecular flexibility index (Phi) is 10.7. The minimum absolute atomic E-state index is 0.566. The molecule has 4 nitrogen and oxygen atoms in total. The van der Waals surface area contributed by atoms with E-state index in [9.17, 15) is 0 Å². The van der Waals surface area contributed by atoms with Crippen molar-refractivity contribution >= 4 is 58.4 Å². The van der Waals surface area contributed by atoms with Gasteiger partial charge < -0.3 is 9.80 Å². The Morgan fingerprint density at radius 1 is 1.06 bits per heavy atom. The van der Waals surface area contributed by atoms with E-state index in [0.29, 0.717) is 10.0 Å². The molecule has 0 bridgehead atoms. The van der Waals surface area contributed by atoms with Gasteiger partial charge in [0.2, 0.25) is 0 Å². The first-order chi connectivity index (χ1) is 14.8. The van der Waals surface area contributed by atoms with Gasteiger partial charge >= 0.3 is 0 Å². The molecule has 1 aliphatic rings. The summed E-state index contributed by atoms with van der Waals surface area (Å²) >= 11 is 17.7. The summed E-state index contributed by atoms with van der Waals surface area (Å²) in [5.41, 5.74) is 2.94. The number of benzene rings is 2. The minimum atomic E-state index is 0.566. The lowest BCUT2D eigenvalue weighted by Gasteiger charge is -2.18. The molecule has 0 atom stereocenters. The van der Waals surface area contributed by atoms with E-state index >= 15 is 0 Å². The summed E-state index contributed by atoms with van der Waals surface area (Å²) in [6.07, 6.45) is 6.47. The SMILES string of the molecule is CCCCN1CCC/C1=N\c1ccc(Cl)c(Cl)c1.Cc1cc(Cl)ccc1N=CN(C)C. The van der Waals surface area contributed by atoms with Gasteiger partial charge in [0, 0.05) is 38.6 Å². The number of amidine groups is 1. The van der Waals surface area contributed by atoms with Crippen molar-refractivity contribution < 1.29 is 0 Å². The number of likely N-dealkylation sites (tertiary alicyclic amines) is 1. The maximum absolute atomic E-state index is 6.00. The summed E-state index contributed by atoms with van der Waals surface area (Å²) in [6, 6.07) is 11.2. The quantitative estimate of drug-likeness (QED) is 0.311. The van der Waals surface area contributed by atoms with Crippen molar-refractivity contribution in [2.45, 2.75) is 39.5 Å². The normalized spacial score (nSPS) is 14.8. The molecule has 1 aliphatic heterocycles. The first kappa shape index (κ1) is 25.5. The third-order valence-corrected chi connectivity index (χ3v) is 5.70. The molecule has 0 radical (unpaired) electrons. The Bertz CT molecular complexity index is 910. The van der Waals surface area contributed by atoms with Crippen LogP contribution in [0.15, 0.2) is 46.4 Å². The fourth-order valence-corrected chi connectivity index (χ4v) is 3.60. The lowest BCUT2D eigenvalue weighted by Crippen LogP contribution is -2.25. The van der Waals surface area contributed by atoms with Gasteiger partial charge in [-0.15, -0.1) is 0 Å². The summed E-state index contributed by atoms with van der Waals surface area (Å²) in [6.45, 7) is 6.44. The van der Waals surface area contributed by atoms with Crippen LogP contribution in [0.1, 0.15) is 38.2 Å². The van der Waals surface area contributed by atoms with Crippen LogP contribution in [0.3, 0.4) is 0 Å². The van der Waals surface area contributed by atoms with Crippen molar-refractivity contribution in [2.24, 2.45) is 9.98 Å². The van der Waals surface area contributed by atoms with Crippen LogP contribution in [0.2, 0.25) is 15.1 Å². The average molecular weight is 482 g/mol. The Morgan fingerprint density at radius 3 is 2.48 bits per heavy atom. The highest BCUT2D eigenvalue weighted by molar-refractivity contribution is 6.42. The van der Waals surface area contributed by atoms with Crippen LogP contribution in [-0.2, 0) is 0 Å². The molecule has 0 unspecified atom stereocenters. The first-order valence-electron chi connectivity index (χ1n) is 10.5. The van der Waals surface area contributed by atoms with Gasteiger partial charge in [-0.2, -0.15) is 0 Å². The van der Waals surface area contributed by atoms with E-state index in [0.717, 1.165) is 41.5 Å². The highest BCUT2D eigenvalue weighted by Crippen LogP contribution is 2.28. The summed E-state index contributed by atoms with van der Waals surface area (Å²) in [7, 11) is 3.88. The van der Waals surface area contributed by atoms with Crippen LogP contribution in [0.25, 0.3) is 0 Å². The third-order valence-electron chi connectivity index (χ3n) is 4.72. The second-order valence-corrected chi connectivity index (χ2v) is 8.96. The third kappa shape index (κ3) is 8.72. The molecule has 7 heteroatoms. The predicted octanol–water partition coefficient (Wildman–Crippen LogP) is 7.79. The second-order valence-electron chi connectivity index (χ2n) is 7.71. The van der Waals surface area contributed by atoms with Crippen molar-refractivity contribution in [2.75, 3.05) is 27.2 Å². The molecule has 1 saturated heterocycles. The monoisotopic (exact) mass is 480 g/mol. The maximum Gasteiger partial charge on any atom is 0.105 e. The molecule has 1 heterocycles. The zero-order valence-electron chi connectivity index (χ0n) is 18.7. The van der Waals surface area contributed by atoms with E-state index in [4.69, 9.17) is 39.8 Å². The maximum atomic E-state index is 6.00. The number of hydrogen-bond acceptors (Lipinski definition) is 2. The highest BCUT2D eigenvalue weighted by atomic mass is 35.5. The molecule has 31 heavy (non-hydrogen) atoms. The molecule has 0 saturated carbocycles. The van der Waals surface area contributed by atoms with Crippen LogP contribution in [0.4, 0.5) is 11.4 Å². The van der Waals surface area contributed by atoms with Gasteiger partial charge in [-0.1, -0.05) is 48.1 Å².